The van der Waals surface area contributed by atoms with Crippen molar-refractivity contribution >= 4 is 11.6 Å². The van der Waals surface area contributed by atoms with Crippen molar-refractivity contribution in [1.29, 1.82) is 0 Å². The summed E-state index contributed by atoms with van der Waals surface area (Å²) in [6.45, 7) is 5.42. The predicted molar refractivity (Wildman–Crippen MR) is 87.2 cm³/mol. The monoisotopic (exact) mass is 287 g/mol. The van der Waals surface area contributed by atoms with E-state index in [0.717, 1.165) is 18.0 Å². The maximum Gasteiger partial charge on any atom is 0.0408 e. The molecule has 20 heavy (non-hydrogen) atoms. The molecule has 106 valence electrons. The lowest BCUT2D eigenvalue weighted by Gasteiger charge is -2.25. The number of benzene rings is 2. The van der Waals surface area contributed by atoms with Gasteiger partial charge in [0.2, 0.25) is 0 Å². The highest BCUT2D eigenvalue weighted by Gasteiger charge is 2.18. The molecular formula is C18H22ClN. The quantitative estimate of drug-likeness (QED) is 0.799. The van der Waals surface area contributed by atoms with E-state index in [2.05, 4.69) is 61.6 Å². The SMILES string of the molecule is CCNC(c1ccccc1)C(C)Cc1cccc(Cl)c1. The minimum absolute atomic E-state index is 0.375. The lowest BCUT2D eigenvalue weighted by Crippen LogP contribution is -2.28. The largest absolute Gasteiger partial charge is 0.310 e. The van der Waals surface area contributed by atoms with Gasteiger partial charge >= 0.3 is 0 Å². The molecule has 2 rings (SSSR count). The molecule has 0 saturated heterocycles. The standard InChI is InChI=1S/C18H22ClN/c1-3-20-18(16-9-5-4-6-10-16)14(2)12-15-8-7-11-17(19)13-15/h4-11,13-14,18,20H,3,12H2,1-2H3. The second kappa shape index (κ2) is 7.47. The Labute approximate surface area is 127 Å². The fraction of sp³-hybridized carbons (Fsp3) is 0.333. The Bertz CT molecular complexity index is 524. The molecule has 1 nitrogen and oxygen atoms in total. The van der Waals surface area contributed by atoms with Gasteiger partial charge in [-0.3, -0.25) is 0 Å². The highest BCUT2D eigenvalue weighted by molar-refractivity contribution is 6.30. The van der Waals surface area contributed by atoms with Gasteiger partial charge in [0.15, 0.2) is 0 Å². The van der Waals surface area contributed by atoms with Crippen molar-refractivity contribution in [3.8, 4) is 0 Å². The van der Waals surface area contributed by atoms with E-state index in [-0.39, 0.29) is 0 Å². The summed E-state index contributed by atoms with van der Waals surface area (Å²) in [4.78, 5) is 0. The van der Waals surface area contributed by atoms with Crippen LogP contribution in [0.25, 0.3) is 0 Å². The summed E-state index contributed by atoms with van der Waals surface area (Å²) in [5.41, 5.74) is 2.65. The summed E-state index contributed by atoms with van der Waals surface area (Å²) in [6.07, 6.45) is 1.02. The number of hydrogen-bond acceptors (Lipinski definition) is 1. The van der Waals surface area contributed by atoms with Crippen LogP contribution < -0.4 is 5.32 Å². The Balaban J connectivity index is 2.13. The van der Waals surface area contributed by atoms with Gasteiger partial charge in [-0.1, -0.05) is 67.9 Å². The number of halogens is 1. The topological polar surface area (TPSA) is 12.0 Å². The van der Waals surface area contributed by atoms with E-state index in [1.807, 2.05) is 12.1 Å². The van der Waals surface area contributed by atoms with Crippen LogP contribution in [0.4, 0.5) is 0 Å². The van der Waals surface area contributed by atoms with Crippen molar-refractivity contribution in [3.05, 3.63) is 70.7 Å². The summed E-state index contributed by atoms with van der Waals surface area (Å²) in [5, 5.41) is 4.41. The van der Waals surface area contributed by atoms with Crippen molar-refractivity contribution < 1.29 is 0 Å². The minimum atomic E-state index is 0.375. The third kappa shape index (κ3) is 4.09. The van der Waals surface area contributed by atoms with E-state index in [0.29, 0.717) is 12.0 Å². The molecule has 0 heterocycles. The van der Waals surface area contributed by atoms with Gasteiger partial charge in [0.05, 0.1) is 0 Å². The first-order chi connectivity index (χ1) is 9.70. The zero-order valence-electron chi connectivity index (χ0n) is 12.1. The Morgan fingerprint density at radius 2 is 1.80 bits per heavy atom. The molecule has 0 aliphatic carbocycles. The van der Waals surface area contributed by atoms with Gasteiger partial charge in [0, 0.05) is 11.1 Å². The van der Waals surface area contributed by atoms with Crippen molar-refractivity contribution in [2.45, 2.75) is 26.3 Å². The molecule has 2 unspecified atom stereocenters. The second-order valence-corrected chi connectivity index (χ2v) is 5.69. The molecule has 0 aliphatic heterocycles. The summed E-state index contributed by atoms with van der Waals surface area (Å²) in [7, 11) is 0. The van der Waals surface area contributed by atoms with Crippen LogP contribution in [0.15, 0.2) is 54.6 Å². The van der Waals surface area contributed by atoms with Crippen LogP contribution in [-0.4, -0.2) is 6.54 Å². The van der Waals surface area contributed by atoms with Gasteiger partial charge in [0.1, 0.15) is 0 Å². The molecule has 0 fully saturated rings. The molecule has 0 spiro atoms. The molecule has 2 aromatic carbocycles. The zero-order chi connectivity index (χ0) is 14.4. The fourth-order valence-corrected chi connectivity index (χ4v) is 2.89. The third-order valence-electron chi connectivity index (χ3n) is 3.60. The maximum absolute atomic E-state index is 6.07. The van der Waals surface area contributed by atoms with E-state index in [1.165, 1.54) is 11.1 Å². The van der Waals surface area contributed by atoms with Crippen LogP contribution in [0.2, 0.25) is 5.02 Å². The van der Waals surface area contributed by atoms with Gasteiger partial charge in [-0.05, 0) is 42.1 Å². The Kier molecular flexibility index (Phi) is 5.63. The second-order valence-electron chi connectivity index (χ2n) is 5.26. The molecule has 2 atom stereocenters. The molecule has 2 aromatic rings. The van der Waals surface area contributed by atoms with Crippen molar-refractivity contribution in [3.63, 3.8) is 0 Å². The minimum Gasteiger partial charge on any atom is -0.310 e. The van der Waals surface area contributed by atoms with Crippen LogP contribution in [-0.2, 0) is 6.42 Å². The van der Waals surface area contributed by atoms with Crippen LogP contribution in [0.1, 0.15) is 31.0 Å². The molecule has 0 aromatic heterocycles. The summed E-state index contributed by atoms with van der Waals surface area (Å²) in [6, 6.07) is 19.2. The zero-order valence-corrected chi connectivity index (χ0v) is 12.9. The Hall–Kier alpha value is -1.31. The van der Waals surface area contributed by atoms with E-state index in [1.54, 1.807) is 0 Å². The van der Waals surface area contributed by atoms with Gasteiger partial charge in [-0.15, -0.1) is 0 Å². The van der Waals surface area contributed by atoms with Crippen LogP contribution in [0.3, 0.4) is 0 Å². The number of nitrogens with one attached hydrogen (secondary N) is 1. The van der Waals surface area contributed by atoms with Gasteiger partial charge in [0.25, 0.3) is 0 Å². The van der Waals surface area contributed by atoms with Crippen LogP contribution in [0.5, 0.6) is 0 Å². The molecule has 0 aliphatic rings. The first-order valence-corrected chi connectivity index (χ1v) is 7.61. The molecule has 0 amide bonds. The summed E-state index contributed by atoms with van der Waals surface area (Å²) < 4.78 is 0. The first-order valence-electron chi connectivity index (χ1n) is 7.23. The third-order valence-corrected chi connectivity index (χ3v) is 3.83. The molecule has 1 N–H and O–H groups in total. The Morgan fingerprint density at radius 1 is 1.05 bits per heavy atom. The summed E-state index contributed by atoms with van der Waals surface area (Å²) in [5.74, 6) is 0.510. The normalized spacial score (nSPS) is 13.9. The van der Waals surface area contributed by atoms with Gasteiger partial charge in [-0.2, -0.15) is 0 Å². The Morgan fingerprint density at radius 3 is 2.45 bits per heavy atom. The lowest BCUT2D eigenvalue weighted by atomic mass is 9.89. The van der Waals surface area contributed by atoms with E-state index < -0.39 is 0 Å². The van der Waals surface area contributed by atoms with Crippen molar-refractivity contribution in [1.82, 2.24) is 5.32 Å². The van der Waals surface area contributed by atoms with E-state index in [9.17, 15) is 0 Å². The van der Waals surface area contributed by atoms with Crippen LogP contribution >= 0.6 is 11.6 Å². The molecular weight excluding hydrogens is 266 g/mol. The average molecular weight is 288 g/mol. The maximum atomic E-state index is 6.07. The molecule has 0 bridgehead atoms. The van der Waals surface area contributed by atoms with Gasteiger partial charge < -0.3 is 5.32 Å². The summed E-state index contributed by atoms with van der Waals surface area (Å²) >= 11 is 6.07. The molecule has 0 radical (unpaired) electrons. The van der Waals surface area contributed by atoms with Crippen molar-refractivity contribution in [2.75, 3.05) is 6.54 Å². The smallest absolute Gasteiger partial charge is 0.0408 e. The molecule has 2 heteroatoms. The lowest BCUT2D eigenvalue weighted by molar-refractivity contribution is 0.391. The van der Waals surface area contributed by atoms with Gasteiger partial charge in [-0.25, -0.2) is 0 Å². The fourth-order valence-electron chi connectivity index (χ4n) is 2.68. The highest BCUT2D eigenvalue weighted by atomic mass is 35.5. The van der Waals surface area contributed by atoms with Crippen molar-refractivity contribution in [2.24, 2.45) is 5.92 Å². The first kappa shape index (κ1) is 15.1. The number of rotatable bonds is 6. The average Bonchev–Trinajstić information content (AvgIpc) is 2.45. The highest BCUT2D eigenvalue weighted by Crippen LogP contribution is 2.25. The molecule has 0 saturated carbocycles. The predicted octanol–water partition coefficient (Wildman–Crippen LogP) is 4.87. The number of hydrogen-bond donors (Lipinski definition) is 1. The van der Waals surface area contributed by atoms with Crippen LogP contribution in [0, 0.1) is 5.92 Å². The van der Waals surface area contributed by atoms with E-state index >= 15 is 0 Å². The van der Waals surface area contributed by atoms with E-state index in [4.69, 9.17) is 11.6 Å².